The maximum Gasteiger partial charge on any atom is 0.422 e. The molecule has 0 bridgehead atoms. The van der Waals surface area contributed by atoms with Crippen LogP contribution < -0.4 is 10.1 Å². The Kier molecular flexibility index (Phi) is 5.57. The van der Waals surface area contributed by atoms with Gasteiger partial charge in [0, 0.05) is 5.56 Å². The fraction of sp³-hybridized carbons (Fsp3) is 0.222. The SMILES string of the molecule is Cc1ccc(-c2nnn(CC(=O)Nc3ccccc3OCC(F)(F)F)n2)cc1. The van der Waals surface area contributed by atoms with Gasteiger partial charge in [-0.1, -0.05) is 42.0 Å². The number of amides is 1. The van der Waals surface area contributed by atoms with Crippen LogP contribution in [0, 0.1) is 6.92 Å². The van der Waals surface area contributed by atoms with E-state index in [1.807, 2.05) is 31.2 Å². The summed E-state index contributed by atoms with van der Waals surface area (Å²) in [7, 11) is 0. The topological polar surface area (TPSA) is 81.9 Å². The summed E-state index contributed by atoms with van der Waals surface area (Å²) < 4.78 is 41.8. The Hall–Kier alpha value is -3.43. The van der Waals surface area contributed by atoms with Crippen molar-refractivity contribution in [1.29, 1.82) is 0 Å². The van der Waals surface area contributed by atoms with Crippen LogP contribution in [0.1, 0.15) is 5.56 Å². The zero-order valence-electron chi connectivity index (χ0n) is 14.8. The average molecular weight is 391 g/mol. The first-order valence-electron chi connectivity index (χ1n) is 8.23. The number of aryl methyl sites for hydroxylation is 1. The molecule has 0 aliphatic rings. The minimum absolute atomic E-state index is 0.0833. The van der Waals surface area contributed by atoms with E-state index in [4.69, 9.17) is 4.74 Å². The summed E-state index contributed by atoms with van der Waals surface area (Å²) in [5.41, 5.74) is 1.96. The molecule has 0 saturated heterocycles. The Morgan fingerprint density at radius 3 is 2.57 bits per heavy atom. The van der Waals surface area contributed by atoms with E-state index in [1.54, 1.807) is 6.07 Å². The zero-order valence-corrected chi connectivity index (χ0v) is 14.8. The molecule has 1 N–H and O–H groups in total. The van der Waals surface area contributed by atoms with Gasteiger partial charge in [-0.15, -0.1) is 10.2 Å². The predicted molar refractivity (Wildman–Crippen MR) is 94.6 cm³/mol. The van der Waals surface area contributed by atoms with Gasteiger partial charge < -0.3 is 10.1 Å². The van der Waals surface area contributed by atoms with Gasteiger partial charge in [0.05, 0.1) is 5.69 Å². The lowest BCUT2D eigenvalue weighted by atomic mass is 10.1. The van der Waals surface area contributed by atoms with E-state index in [2.05, 4.69) is 20.7 Å². The number of alkyl halides is 3. The van der Waals surface area contributed by atoms with Crippen molar-refractivity contribution >= 4 is 11.6 Å². The van der Waals surface area contributed by atoms with Crippen LogP contribution >= 0.6 is 0 Å². The molecular formula is C18H16F3N5O2. The third kappa shape index (κ3) is 5.29. The first-order valence-corrected chi connectivity index (χ1v) is 8.23. The largest absolute Gasteiger partial charge is 0.482 e. The number of aromatic nitrogens is 4. The molecule has 1 heterocycles. The summed E-state index contributed by atoms with van der Waals surface area (Å²) in [6.45, 7) is 0.242. The van der Waals surface area contributed by atoms with Gasteiger partial charge in [0.1, 0.15) is 12.3 Å². The van der Waals surface area contributed by atoms with Gasteiger partial charge in [-0.05, 0) is 24.3 Å². The molecular weight excluding hydrogens is 375 g/mol. The molecule has 3 aromatic rings. The highest BCUT2D eigenvalue weighted by molar-refractivity contribution is 5.92. The molecule has 3 rings (SSSR count). The van der Waals surface area contributed by atoms with Gasteiger partial charge in [0.25, 0.3) is 0 Å². The molecule has 28 heavy (non-hydrogen) atoms. The van der Waals surface area contributed by atoms with E-state index >= 15 is 0 Å². The van der Waals surface area contributed by atoms with Crippen LogP contribution in [0.3, 0.4) is 0 Å². The number of nitrogens with zero attached hydrogens (tertiary/aromatic N) is 4. The van der Waals surface area contributed by atoms with Crippen molar-refractivity contribution in [3.8, 4) is 17.1 Å². The quantitative estimate of drug-likeness (QED) is 0.698. The third-order valence-corrected chi connectivity index (χ3v) is 3.60. The summed E-state index contributed by atoms with van der Waals surface area (Å²) in [5, 5.41) is 14.4. The molecule has 2 aromatic carbocycles. The van der Waals surface area contributed by atoms with Crippen LogP contribution in [0.4, 0.5) is 18.9 Å². The second kappa shape index (κ2) is 8.07. The standard InChI is InChI=1S/C18H16F3N5O2/c1-12-6-8-13(9-7-12)17-23-25-26(24-17)10-16(27)22-14-4-2-3-5-15(14)28-11-18(19,20)21/h2-9H,10-11H2,1H3,(H,22,27). The number of hydrogen-bond donors (Lipinski definition) is 1. The smallest absolute Gasteiger partial charge is 0.422 e. The lowest BCUT2D eigenvalue weighted by Gasteiger charge is -2.13. The van der Waals surface area contributed by atoms with E-state index in [9.17, 15) is 18.0 Å². The van der Waals surface area contributed by atoms with Crippen LogP contribution in [0.15, 0.2) is 48.5 Å². The molecule has 0 atom stereocenters. The first kappa shape index (κ1) is 19.3. The molecule has 0 fully saturated rings. The number of anilines is 1. The number of halogens is 3. The number of tetrazole rings is 1. The number of para-hydroxylation sites is 2. The highest BCUT2D eigenvalue weighted by Gasteiger charge is 2.28. The summed E-state index contributed by atoms with van der Waals surface area (Å²) in [4.78, 5) is 13.3. The van der Waals surface area contributed by atoms with E-state index in [0.29, 0.717) is 5.82 Å². The van der Waals surface area contributed by atoms with E-state index in [-0.39, 0.29) is 18.0 Å². The number of carbonyl (C=O) groups excluding carboxylic acids is 1. The number of ether oxygens (including phenoxy) is 1. The first-order chi connectivity index (χ1) is 13.3. The average Bonchev–Trinajstić information content (AvgIpc) is 3.09. The maximum absolute atomic E-state index is 12.3. The molecule has 0 spiro atoms. The fourth-order valence-electron chi connectivity index (χ4n) is 2.30. The molecule has 1 aromatic heterocycles. The van der Waals surface area contributed by atoms with Crippen LogP contribution in [0.25, 0.3) is 11.4 Å². The van der Waals surface area contributed by atoms with E-state index in [1.165, 1.54) is 18.2 Å². The number of hydrogen-bond acceptors (Lipinski definition) is 5. The van der Waals surface area contributed by atoms with Crippen molar-refractivity contribution in [3.05, 3.63) is 54.1 Å². The van der Waals surface area contributed by atoms with Gasteiger partial charge >= 0.3 is 6.18 Å². The Morgan fingerprint density at radius 1 is 1.14 bits per heavy atom. The molecule has 10 heteroatoms. The van der Waals surface area contributed by atoms with Crippen molar-refractivity contribution < 1.29 is 22.7 Å². The van der Waals surface area contributed by atoms with Crippen LogP contribution in [-0.2, 0) is 11.3 Å². The number of benzene rings is 2. The molecule has 0 aliphatic heterocycles. The zero-order chi connectivity index (χ0) is 20.1. The molecule has 7 nitrogen and oxygen atoms in total. The Morgan fingerprint density at radius 2 is 1.86 bits per heavy atom. The summed E-state index contributed by atoms with van der Waals surface area (Å²) >= 11 is 0. The lowest BCUT2D eigenvalue weighted by molar-refractivity contribution is -0.153. The number of carbonyl (C=O) groups is 1. The number of nitrogens with one attached hydrogen (secondary N) is 1. The van der Waals surface area contributed by atoms with Crippen molar-refractivity contribution in [1.82, 2.24) is 20.2 Å². The van der Waals surface area contributed by atoms with Crippen molar-refractivity contribution in [3.63, 3.8) is 0 Å². The minimum Gasteiger partial charge on any atom is -0.482 e. The molecule has 0 unspecified atom stereocenters. The van der Waals surface area contributed by atoms with Gasteiger partial charge in [0.2, 0.25) is 11.7 Å². The fourth-order valence-corrected chi connectivity index (χ4v) is 2.30. The normalized spacial score (nSPS) is 11.3. The second-order valence-electron chi connectivity index (χ2n) is 5.96. The highest BCUT2D eigenvalue weighted by Crippen LogP contribution is 2.26. The molecule has 0 aliphatic carbocycles. The van der Waals surface area contributed by atoms with Crippen LogP contribution in [0.2, 0.25) is 0 Å². The molecule has 1 amide bonds. The Bertz CT molecular complexity index is 954. The highest BCUT2D eigenvalue weighted by atomic mass is 19.4. The van der Waals surface area contributed by atoms with Crippen molar-refractivity contribution in [2.75, 3.05) is 11.9 Å². The molecule has 146 valence electrons. The van der Waals surface area contributed by atoms with Gasteiger partial charge in [-0.3, -0.25) is 4.79 Å². The monoisotopic (exact) mass is 391 g/mol. The summed E-state index contributed by atoms with van der Waals surface area (Å²) in [6.07, 6.45) is -4.48. The van der Waals surface area contributed by atoms with Gasteiger partial charge in [-0.2, -0.15) is 18.0 Å². The van der Waals surface area contributed by atoms with Crippen LogP contribution in [-0.4, -0.2) is 38.9 Å². The van der Waals surface area contributed by atoms with E-state index < -0.39 is 18.7 Å². The van der Waals surface area contributed by atoms with Crippen molar-refractivity contribution in [2.24, 2.45) is 0 Å². The molecule has 0 radical (unpaired) electrons. The number of rotatable bonds is 6. The maximum atomic E-state index is 12.3. The molecule has 0 saturated carbocycles. The minimum atomic E-state index is -4.48. The Labute approximate surface area is 158 Å². The predicted octanol–water partition coefficient (Wildman–Crippen LogP) is 3.23. The lowest BCUT2D eigenvalue weighted by Crippen LogP contribution is -2.22. The third-order valence-electron chi connectivity index (χ3n) is 3.60. The van der Waals surface area contributed by atoms with Gasteiger partial charge in [0.15, 0.2) is 6.61 Å². The Balaban J connectivity index is 1.64. The van der Waals surface area contributed by atoms with Crippen LogP contribution in [0.5, 0.6) is 5.75 Å². The van der Waals surface area contributed by atoms with E-state index in [0.717, 1.165) is 15.9 Å². The summed E-state index contributed by atoms with van der Waals surface area (Å²) in [5.74, 6) is -0.252. The van der Waals surface area contributed by atoms with Gasteiger partial charge in [-0.25, -0.2) is 0 Å². The van der Waals surface area contributed by atoms with Crippen molar-refractivity contribution in [2.45, 2.75) is 19.6 Å². The summed E-state index contributed by atoms with van der Waals surface area (Å²) in [6, 6.07) is 13.3. The second-order valence-corrected chi connectivity index (χ2v) is 5.96.